The highest BCUT2D eigenvalue weighted by molar-refractivity contribution is 7.90. The smallest absolute Gasteiger partial charge is 0.193 e. The highest BCUT2D eigenvalue weighted by Crippen LogP contribution is 2.49. The number of halogens is 1. The normalized spacial score (nSPS) is 27.7. The number of fused-ring (bicyclic) bond motifs is 2. The van der Waals surface area contributed by atoms with Crippen LogP contribution < -0.4 is 4.74 Å². The summed E-state index contributed by atoms with van der Waals surface area (Å²) in [5, 5.41) is 10.4. The number of benzene rings is 1. The van der Waals surface area contributed by atoms with Crippen LogP contribution in [-0.2, 0) is 24.7 Å². The van der Waals surface area contributed by atoms with E-state index in [1.165, 1.54) is 6.26 Å². The zero-order valence-electron chi connectivity index (χ0n) is 18.5. The van der Waals surface area contributed by atoms with Crippen molar-refractivity contribution >= 4 is 32.5 Å². The molecule has 4 atom stereocenters. The lowest BCUT2D eigenvalue weighted by Gasteiger charge is -2.16. The van der Waals surface area contributed by atoms with E-state index >= 15 is 0 Å². The minimum atomic E-state index is -3.05. The number of ether oxygens (including phenoxy) is 3. The summed E-state index contributed by atoms with van der Waals surface area (Å²) in [5.41, 5.74) is 3.72. The van der Waals surface area contributed by atoms with E-state index in [4.69, 9.17) is 30.8 Å². The molecule has 10 heteroatoms. The average molecular weight is 505 g/mol. The van der Waals surface area contributed by atoms with Crippen molar-refractivity contribution in [1.82, 2.24) is 9.97 Å². The summed E-state index contributed by atoms with van der Waals surface area (Å²) in [6, 6.07) is 11.5. The number of H-pyrrole nitrogens is 1. The molecular formula is C24H25ClN2O6S. The van der Waals surface area contributed by atoms with Gasteiger partial charge in [0.05, 0.1) is 40.7 Å². The number of nitrogens with zero attached hydrogens (tertiary/aromatic N) is 1. The van der Waals surface area contributed by atoms with E-state index in [1.807, 2.05) is 36.4 Å². The Morgan fingerprint density at radius 2 is 1.91 bits per heavy atom. The van der Waals surface area contributed by atoms with Crippen molar-refractivity contribution in [2.45, 2.75) is 42.7 Å². The van der Waals surface area contributed by atoms with Crippen molar-refractivity contribution in [3.05, 3.63) is 47.0 Å². The van der Waals surface area contributed by atoms with Gasteiger partial charge < -0.3 is 24.3 Å². The molecule has 180 valence electrons. The number of hydrogen-bond donors (Lipinski definition) is 2. The molecule has 0 radical (unpaired) electrons. The second-order valence-electron chi connectivity index (χ2n) is 9.63. The topological polar surface area (TPSA) is 111 Å². The number of aromatic amines is 1. The third kappa shape index (κ3) is 3.99. The predicted molar refractivity (Wildman–Crippen MR) is 127 cm³/mol. The Kier molecular flexibility index (Phi) is 5.20. The van der Waals surface area contributed by atoms with Gasteiger partial charge in [0.1, 0.15) is 28.1 Å². The van der Waals surface area contributed by atoms with Gasteiger partial charge in [-0.2, -0.15) is 0 Å². The Morgan fingerprint density at radius 3 is 2.62 bits per heavy atom. The second-order valence-corrected chi connectivity index (χ2v) is 12.2. The maximum Gasteiger partial charge on any atom is 0.193 e. The minimum Gasteiger partial charge on any atom is -0.470 e. The molecule has 1 aliphatic carbocycles. The van der Waals surface area contributed by atoms with Crippen LogP contribution in [0.1, 0.15) is 18.4 Å². The Hall–Kier alpha value is -2.17. The zero-order valence-corrected chi connectivity index (χ0v) is 20.1. The summed E-state index contributed by atoms with van der Waals surface area (Å²) in [7, 11) is -3.05. The van der Waals surface area contributed by atoms with Crippen molar-refractivity contribution in [1.29, 1.82) is 0 Å². The third-order valence-corrected chi connectivity index (χ3v) is 8.32. The van der Waals surface area contributed by atoms with Crippen LogP contribution in [0.25, 0.3) is 22.3 Å². The van der Waals surface area contributed by atoms with Gasteiger partial charge in [-0.1, -0.05) is 35.9 Å². The maximum absolute atomic E-state index is 11.8. The molecule has 2 aromatic heterocycles. The minimum absolute atomic E-state index is 0.175. The fraction of sp³-hybridized carbons (Fsp3) is 0.458. The largest absolute Gasteiger partial charge is 0.470 e. The van der Waals surface area contributed by atoms with Crippen LogP contribution in [0.2, 0.25) is 5.02 Å². The maximum atomic E-state index is 11.8. The average Bonchev–Trinajstić information content (AvgIpc) is 3.10. The molecule has 3 aliphatic rings. The van der Waals surface area contributed by atoms with Gasteiger partial charge in [-0.25, -0.2) is 13.4 Å². The van der Waals surface area contributed by atoms with Gasteiger partial charge >= 0.3 is 0 Å². The molecule has 1 aromatic carbocycles. The molecule has 0 spiro atoms. The second kappa shape index (κ2) is 7.93. The predicted octanol–water partition coefficient (Wildman–Crippen LogP) is 2.87. The number of aliphatic hydroxyl groups excluding tert-OH is 1. The molecule has 2 aliphatic heterocycles. The first-order chi connectivity index (χ1) is 16.2. The molecule has 34 heavy (non-hydrogen) atoms. The van der Waals surface area contributed by atoms with Gasteiger partial charge in [0.2, 0.25) is 0 Å². The van der Waals surface area contributed by atoms with Crippen LogP contribution in [0.3, 0.4) is 0 Å². The Bertz CT molecular complexity index is 1350. The number of aromatic nitrogens is 2. The number of pyridine rings is 1. The van der Waals surface area contributed by atoms with E-state index in [0.29, 0.717) is 28.7 Å². The lowest BCUT2D eigenvalue weighted by atomic mass is 9.96. The number of sulfone groups is 1. The first kappa shape index (κ1) is 22.3. The number of hydrogen-bond acceptors (Lipinski definition) is 7. The van der Waals surface area contributed by atoms with Crippen molar-refractivity contribution < 1.29 is 27.7 Å². The zero-order chi connectivity index (χ0) is 23.7. The van der Waals surface area contributed by atoms with Crippen LogP contribution in [0, 0.1) is 0 Å². The van der Waals surface area contributed by atoms with Crippen molar-refractivity contribution in [3.8, 4) is 17.1 Å². The first-order valence-electron chi connectivity index (χ1n) is 11.3. The Balaban J connectivity index is 1.24. The molecule has 2 saturated heterocycles. The molecule has 0 amide bonds. The van der Waals surface area contributed by atoms with E-state index in [9.17, 15) is 13.5 Å². The van der Waals surface area contributed by atoms with E-state index in [1.54, 1.807) is 0 Å². The van der Waals surface area contributed by atoms with Gasteiger partial charge in [-0.05, 0) is 24.5 Å². The van der Waals surface area contributed by atoms with Crippen LogP contribution in [0.4, 0.5) is 0 Å². The number of nitrogens with one attached hydrogen (secondary N) is 1. The third-order valence-electron chi connectivity index (χ3n) is 6.95. The first-order valence-corrected chi connectivity index (χ1v) is 13.7. The molecule has 4 heterocycles. The summed E-state index contributed by atoms with van der Waals surface area (Å²) < 4.78 is 41.0. The quantitative estimate of drug-likeness (QED) is 0.531. The molecule has 2 unspecified atom stereocenters. The van der Waals surface area contributed by atoms with E-state index in [2.05, 4.69) is 4.98 Å². The van der Waals surface area contributed by atoms with Crippen LogP contribution in [0.5, 0.6) is 5.88 Å². The van der Waals surface area contributed by atoms with Gasteiger partial charge in [-0.3, -0.25) is 0 Å². The van der Waals surface area contributed by atoms with Gasteiger partial charge in [0.15, 0.2) is 12.0 Å². The molecule has 8 nitrogen and oxygen atoms in total. The highest BCUT2D eigenvalue weighted by atomic mass is 35.5. The highest BCUT2D eigenvalue weighted by Gasteiger charge is 2.49. The fourth-order valence-electron chi connectivity index (χ4n) is 5.13. The monoisotopic (exact) mass is 504 g/mol. The summed E-state index contributed by atoms with van der Waals surface area (Å²) in [6.07, 6.45) is 1.45. The standard InChI is InChI=1S/C24H25ClN2O6S/c1-34(29,30)12-24(6-7-24)14-4-2-13(3-5-14)21-15(25)8-16-17(27-21)9-20(26-16)33-19-11-32-22-18(28)10-31-23(19)22/h2-5,8-9,18-19,22-23,26,28H,6-7,10-12H2,1H3/t18-,19-,22?,23?/m1/s1. The van der Waals surface area contributed by atoms with E-state index in [-0.39, 0.29) is 36.1 Å². The van der Waals surface area contributed by atoms with Gasteiger partial charge in [-0.15, -0.1) is 0 Å². The molecule has 1 saturated carbocycles. The summed E-state index contributed by atoms with van der Waals surface area (Å²) >= 11 is 6.57. The van der Waals surface area contributed by atoms with Gasteiger partial charge in [0, 0.05) is 23.3 Å². The van der Waals surface area contributed by atoms with Crippen LogP contribution in [-0.4, -0.2) is 73.1 Å². The van der Waals surface area contributed by atoms with Crippen molar-refractivity contribution in [3.63, 3.8) is 0 Å². The molecule has 0 bridgehead atoms. The molecule has 2 N–H and O–H groups in total. The molecule has 3 aromatic rings. The molecule has 3 fully saturated rings. The Labute approximate surface area is 202 Å². The number of rotatable bonds is 6. The lowest BCUT2D eigenvalue weighted by Crippen LogP contribution is -2.34. The SMILES string of the molecule is CS(=O)(=O)CC1(c2ccc(-c3nc4cc(O[C@@H]5COC6C5OC[C@H]6O)[nH]c4cc3Cl)cc2)CC1. The fourth-order valence-corrected chi connectivity index (χ4v) is 6.85. The molecule has 6 rings (SSSR count). The van der Waals surface area contributed by atoms with Crippen molar-refractivity contribution in [2.75, 3.05) is 25.2 Å². The summed E-state index contributed by atoms with van der Waals surface area (Å²) in [5.74, 6) is 0.704. The summed E-state index contributed by atoms with van der Waals surface area (Å²) in [6.45, 7) is 0.588. The van der Waals surface area contributed by atoms with E-state index in [0.717, 1.165) is 29.5 Å². The lowest BCUT2D eigenvalue weighted by molar-refractivity contribution is 0.00794. The van der Waals surface area contributed by atoms with Gasteiger partial charge in [0.25, 0.3) is 0 Å². The Morgan fingerprint density at radius 1 is 1.18 bits per heavy atom. The molecular weight excluding hydrogens is 480 g/mol. The van der Waals surface area contributed by atoms with E-state index < -0.39 is 15.9 Å². The number of aliphatic hydroxyl groups is 1. The van der Waals surface area contributed by atoms with Crippen LogP contribution >= 0.6 is 11.6 Å². The summed E-state index contributed by atoms with van der Waals surface area (Å²) in [4.78, 5) is 7.94. The van der Waals surface area contributed by atoms with Crippen molar-refractivity contribution in [2.24, 2.45) is 0 Å². The van der Waals surface area contributed by atoms with Crippen LogP contribution in [0.15, 0.2) is 36.4 Å².